The normalized spacial score (nSPS) is 13.5. The van der Waals surface area contributed by atoms with E-state index in [1.54, 1.807) is 36.7 Å². The lowest BCUT2D eigenvalue weighted by Crippen LogP contribution is -2.33. The van der Waals surface area contributed by atoms with Gasteiger partial charge >= 0.3 is 6.03 Å². The molecule has 0 atom stereocenters. The van der Waals surface area contributed by atoms with Crippen molar-refractivity contribution in [3.8, 4) is 11.3 Å². The molecule has 2 amide bonds. The summed E-state index contributed by atoms with van der Waals surface area (Å²) in [4.78, 5) is 35.4. The number of nitrogens with one attached hydrogen (secondary N) is 2. The van der Waals surface area contributed by atoms with E-state index in [9.17, 15) is 9.59 Å². The van der Waals surface area contributed by atoms with Crippen LogP contribution in [0.5, 0.6) is 0 Å². The minimum atomic E-state index is -0.384. The summed E-state index contributed by atoms with van der Waals surface area (Å²) < 4.78 is 0. The lowest BCUT2D eigenvalue weighted by molar-refractivity contribution is 0.101. The van der Waals surface area contributed by atoms with Crippen LogP contribution in [0.25, 0.3) is 11.3 Å². The van der Waals surface area contributed by atoms with Crippen molar-refractivity contribution in [2.24, 2.45) is 0 Å². The van der Waals surface area contributed by atoms with Crippen LogP contribution < -0.4 is 15.5 Å². The molecule has 0 radical (unpaired) electrons. The standard InChI is InChI=1S/C23H23N5O2S/c1-16(29)17-4-2-6-19(14-17)26-23(30)27-20-7-3-5-18(15-20)21-22(25-9-8-24-21)28-10-12-31-13-11-28/h2-9,14-15H,10-13H2,1H3,(H2,26,27,30). The van der Waals surface area contributed by atoms with E-state index in [0.29, 0.717) is 16.9 Å². The Bertz CT molecular complexity index is 1100. The Morgan fingerprint density at radius 2 is 1.61 bits per heavy atom. The van der Waals surface area contributed by atoms with Gasteiger partial charge in [0, 0.05) is 59.5 Å². The van der Waals surface area contributed by atoms with E-state index in [2.05, 4.69) is 25.5 Å². The van der Waals surface area contributed by atoms with Gasteiger partial charge in [-0.2, -0.15) is 11.8 Å². The first-order chi connectivity index (χ1) is 15.1. The van der Waals surface area contributed by atoms with Crippen LogP contribution in [0.3, 0.4) is 0 Å². The number of nitrogens with zero attached hydrogens (tertiary/aromatic N) is 3. The molecule has 1 aliphatic rings. The molecule has 0 bridgehead atoms. The van der Waals surface area contributed by atoms with Crippen molar-refractivity contribution >= 4 is 40.8 Å². The van der Waals surface area contributed by atoms with Crippen molar-refractivity contribution in [3.63, 3.8) is 0 Å². The minimum Gasteiger partial charge on any atom is -0.353 e. The molecule has 2 aromatic carbocycles. The highest BCUT2D eigenvalue weighted by Crippen LogP contribution is 2.29. The number of rotatable bonds is 5. The third kappa shape index (κ3) is 5.21. The second-order valence-corrected chi connectivity index (χ2v) is 8.35. The van der Waals surface area contributed by atoms with Crippen LogP contribution in [0.4, 0.5) is 22.0 Å². The first kappa shape index (κ1) is 20.9. The van der Waals surface area contributed by atoms with E-state index in [0.717, 1.165) is 41.7 Å². The molecule has 1 aromatic heterocycles. The fraction of sp³-hybridized carbons (Fsp3) is 0.217. The third-order valence-corrected chi connectivity index (χ3v) is 5.85. The molecule has 1 saturated heterocycles. The van der Waals surface area contributed by atoms with E-state index >= 15 is 0 Å². The van der Waals surface area contributed by atoms with Gasteiger partial charge in [0.1, 0.15) is 5.69 Å². The van der Waals surface area contributed by atoms with Gasteiger partial charge in [-0.15, -0.1) is 0 Å². The number of anilines is 3. The molecule has 2 heterocycles. The van der Waals surface area contributed by atoms with Crippen molar-refractivity contribution in [3.05, 3.63) is 66.5 Å². The number of ketones is 1. The van der Waals surface area contributed by atoms with Crippen LogP contribution >= 0.6 is 11.8 Å². The van der Waals surface area contributed by atoms with Gasteiger partial charge in [-0.05, 0) is 31.2 Å². The first-order valence-corrected chi connectivity index (χ1v) is 11.2. The van der Waals surface area contributed by atoms with Gasteiger partial charge in [0.15, 0.2) is 11.6 Å². The van der Waals surface area contributed by atoms with Gasteiger partial charge in [0.2, 0.25) is 0 Å². The summed E-state index contributed by atoms with van der Waals surface area (Å²) in [5, 5.41) is 5.62. The number of urea groups is 1. The lowest BCUT2D eigenvalue weighted by Gasteiger charge is -2.28. The summed E-state index contributed by atoms with van der Waals surface area (Å²) in [7, 11) is 0. The van der Waals surface area contributed by atoms with Gasteiger partial charge in [0.05, 0.1) is 0 Å². The molecule has 2 N–H and O–H groups in total. The summed E-state index contributed by atoms with van der Waals surface area (Å²) in [5.74, 6) is 2.96. The zero-order valence-corrected chi connectivity index (χ0v) is 18.0. The first-order valence-electron chi connectivity index (χ1n) is 10.0. The molecular formula is C23H23N5O2S. The van der Waals surface area contributed by atoms with Gasteiger partial charge in [-0.3, -0.25) is 9.78 Å². The summed E-state index contributed by atoms with van der Waals surface area (Å²) >= 11 is 1.94. The number of carbonyl (C=O) groups excluding carboxylic acids is 2. The van der Waals surface area contributed by atoms with E-state index in [-0.39, 0.29) is 11.8 Å². The predicted octanol–water partition coefficient (Wildman–Crippen LogP) is 4.54. The van der Waals surface area contributed by atoms with E-state index in [4.69, 9.17) is 0 Å². The van der Waals surface area contributed by atoms with Crippen molar-refractivity contribution in [1.29, 1.82) is 0 Å². The fourth-order valence-electron chi connectivity index (χ4n) is 3.39. The predicted molar refractivity (Wildman–Crippen MR) is 126 cm³/mol. The Morgan fingerprint density at radius 1 is 0.935 bits per heavy atom. The molecule has 7 nitrogen and oxygen atoms in total. The molecule has 1 aliphatic heterocycles. The Kier molecular flexibility index (Phi) is 6.47. The number of Topliss-reactive ketones (excluding diaryl/α,β-unsaturated/α-hetero) is 1. The number of hydrogen-bond acceptors (Lipinski definition) is 6. The van der Waals surface area contributed by atoms with Crippen LogP contribution in [0.2, 0.25) is 0 Å². The van der Waals surface area contributed by atoms with Crippen LogP contribution in [0, 0.1) is 0 Å². The Hall–Kier alpha value is -3.39. The summed E-state index contributed by atoms with van der Waals surface area (Å²) in [6.45, 7) is 3.38. The minimum absolute atomic E-state index is 0.0520. The molecule has 0 unspecified atom stereocenters. The molecular weight excluding hydrogens is 410 g/mol. The molecule has 158 valence electrons. The smallest absolute Gasteiger partial charge is 0.323 e. The largest absolute Gasteiger partial charge is 0.353 e. The molecule has 1 fully saturated rings. The third-order valence-electron chi connectivity index (χ3n) is 4.91. The van der Waals surface area contributed by atoms with Crippen molar-refractivity contribution in [2.45, 2.75) is 6.92 Å². The number of aromatic nitrogens is 2. The van der Waals surface area contributed by atoms with Crippen LogP contribution in [-0.2, 0) is 0 Å². The van der Waals surface area contributed by atoms with Crippen molar-refractivity contribution in [1.82, 2.24) is 9.97 Å². The highest BCUT2D eigenvalue weighted by Gasteiger charge is 2.18. The molecule has 31 heavy (non-hydrogen) atoms. The number of carbonyl (C=O) groups is 2. The second-order valence-electron chi connectivity index (χ2n) is 7.12. The second kappa shape index (κ2) is 9.61. The molecule has 0 spiro atoms. The summed E-state index contributed by atoms with van der Waals surface area (Å²) in [5.41, 5.74) is 3.43. The average molecular weight is 434 g/mol. The summed E-state index contributed by atoms with van der Waals surface area (Å²) in [6, 6.07) is 14.0. The average Bonchev–Trinajstić information content (AvgIpc) is 2.80. The van der Waals surface area contributed by atoms with Crippen LogP contribution in [0.15, 0.2) is 60.9 Å². The van der Waals surface area contributed by atoms with Crippen molar-refractivity contribution < 1.29 is 9.59 Å². The molecule has 0 aliphatic carbocycles. The highest BCUT2D eigenvalue weighted by molar-refractivity contribution is 7.99. The zero-order chi connectivity index (χ0) is 21.6. The molecule has 3 aromatic rings. The van der Waals surface area contributed by atoms with Crippen LogP contribution in [0.1, 0.15) is 17.3 Å². The van der Waals surface area contributed by atoms with Crippen molar-refractivity contribution in [2.75, 3.05) is 40.1 Å². The lowest BCUT2D eigenvalue weighted by atomic mass is 10.1. The molecule has 4 rings (SSSR count). The topological polar surface area (TPSA) is 87.2 Å². The quantitative estimate of drug-likeness (QED) is 0.574. The number of thioether (sulfide) groups is 1. The maximum absolute atomic E-state index is 12.5. The van der Waals surface area contributed by atoms with Gasteiger partial charge in [-0.1, -0.05) is 24.3 Å². The molecule has 0 saturated carbocycles. The maximum atomic E-state index is 12.5. The number of hydrogen-bond donors (Lipinski definition) is 2. The zero-order valence-electron chi connectivity index (χ0n) is 17.2. The van der Waals surface area contributed by atoms with Gasteiger partial charge in [-0.25, -0.2) is 9.78 Å². The SMILES string of the molecule is CC(=O)c1cccc(NC(=O)Nc2cccc(-c3nccnc3N3CCSCC3)c2)c1. The van der Waals surface area contributed by atoms with Crippen LogP contribution in [-0.4, -0.2) is 46.4 Å². The maximum Gasteiger partial charge on any atom is 0.323 e. The fourth-order valence-corrected chi connectivity index (χ4v) is 4.30. The number of amides is 2. The monoisotopic (exact) mass is 433 g/mol. The molecule has 8 heteroatoms. The highest BCUT2D eigenvalue weighted by atomic mass is 32.2. The van der Waals surface area contributed by atoms with E-state index in [1.165, 1.54) is 6.92 Å². The van der Waals surface area contributed by atoms with E-state index < -0.39 is 0 Å². The Morgan fingerprint density at radius 3 is 2.35 bits per heavy atom. The van der Waals surface area contributed by atoms with Gasteiger partial charge < -0.3 is 15.5 Å². The Balaban J connectivity index is 1.51. The summed E-state index contributed by atoms with van der Waals surface area (Å²) in [6.07, 6.45) is 3.40. The number of benzene rings is 2. The Labute approximate surface area is 185 Å². The van der Waals surface area contributed by atoms with E-state index in [1.807, 2.05) is 36.0 Å². The van der Waals surface area contributed by atoms with Gasteiger partial charge in [0.25, 0.3) is 0 Å².